The van der Waals surface area contributed by atoms with E-state index in [2.05, 4.69) is 15.4 Å². The van der Waals surface area contributed by atoms with E-state index in [4.69, 9.17) is 4.74 Å². The fourth-order valence-corrected chi connectivity index (χ4v) is 4.58. The molecule has 0 aromatic carbocycles. The first-order chi connectivity index (χ1) is 13.7. The molecule has 0 bridgehead atoms. The molecule has 9 heteroatoms. The Morgan fingerprint density at radius 1 is 1.29 bits per heavy atom. The highest BCUT2D eigenvalue weighted by atomic mass is 16.5. The molecule has 0 unspecified atom stereocenters. The van der Waals surface area contributed by atoms with Gasteiger partial charge < -0.3 is 14.7 Å². The summed E-state index contributed by atoms with van der Waals surface area (Å²) in [5.74, 6) is 0.531. The molecule has 5 rings (SSSR count). The molecule has 28 heavy (non-hydrogen) atoms. The Bertz CT molecular complexity index is 856. The summed E-state index contributed by atoms with van der Waals surface area (Å²) in [6, 6.07) is -0.000595. The summed E-state index contributed by atoms with van der Waals surface area (Å²) in [7, 11) is 0. The maximum absolute atomic E-state index is 12.7. The van der Waals surface area contributed by atoms with E-state index >= 15 is 0 Å². The van der Waals surface area contributed by atoms with Gasteiger partial charge in [-0.25, -0.2) is 4.68 Å². The number of amides is 1. The topological polar surface area (TPSA) is 98.3 Å². The minimum atomic E-state index is -0.358. The highest BCUT2D eigenvalue weighted by Gasteiger charge is 2.30. The number of fused-ring (bicyclic) bond motifs is 1. The number of nitrogens with zero attached hydrogens (tertiary/aromatic N) is 6. The number of aromatic nitrogens is 5. The van der Waals surface area contributed by atoms with E-state index in [9.17, 15) is 9.90 Å². The molecular formula is C19H26N6O3. The van der Waals surface area contributed by atoms with Gasteiger partial charge >= 0.3 is 0 Å². The molecular weight excluding hydrogens is 360 g/mol. The van der Waals surface area contributed by atoms with Crippen LogP contribution in [0.2, 0.25) is 0 Å². The average Bonchev–Trinajstić information content (AvgIpc) is 3.47. The van der Waals surface area contributed by atoms with Gasteiger partial charge in [0.2, 0.25) is 5.91 Å². The van der Waals surface area contributed by atoms with E-state index < -0.39 is 0 Å². The van der Waals surface area contributed by atoms with Crippen LogP contribution in [0.1, 0.15) is 43.8 Å². The standard InChI is InChI=1S/C19H26N6O3/c26-18-3-1-2-16(18)25-10-15(21-22-25)14-9-20-24-6-5-23(11-17(14)24)19(27)8-13-4-7-28-12-13/h9-10,13,16,18,26H,1-8,11-12H2/t13-,16+,18+/m1/s1. The lowest BCUT2D eigenvalue weighted by molar-refractivity contribution is -0.133. The van der Waals surface area contributed by atoms with Gasteiger partial charge in [-0.05, 0) is 31.6 Å². The van der Waals surface area contributed by atoms with Crippen molar-refractivity contribution in [2.75, 3.05) is 19.8 Å². The summed E-state index contributed by atoms with van der Waals surface area (Å²) >= 11 is 0. The van der Waals surface area contributed by atoms with Crippen LogP contribution in [-0.2, 0) is 22.6 Å². The number of hydrogen-bond donors (Lipinski definition) is 1. The molecule has 1 N–H and O–H groups in total. The van der Waals surface area contributed by atoms with Gasteiger partial charge in [-0.1, -0.05) is 5.21 Å². The summed E-state index contributed by atoms with van der Waals surface area (Å²) in [5, 5.41) is 23.2. The van der Waals surface area contributed by atoms with Gasteiger partial charge in [0.25, 0.3) is 0 Å². The quantitative estimate of drug-likeness (QED) is 0.842. The Hall–Kier alpha value is -2.26. The number of carbonyl (C=O) groups excluding carboxylic acids is 1. The molecule has 0 spiro atoms. The zero-order valence-corrected chi connectivity index (χ0v) is 15.9. The van der Waals surface area contributed by atoms with Crippen molar-refractivity contribution in [1.29, 1.82) is 0 Å². The SMILES string of the molecule is O=C(C[C@H]1CCOC1)N1CCn2ncc(-c3cn([C@H]4CCC[C@@H]4O)nn3)c2C1. The summed E-state index contributed by atoms with van der Waals surface area (Å²) in [6.45, 7) is 3.37. The van der Waals surface area contributed by atoms with E-state index in [-0.39, 0.29) is 18.1 Å². The van der Waals surface area contributed by atoms with Crippen molar-refractivity contribution in [2.24, 2.45) is 5.92 Å². The fourth-order valence-electron chi connectivity index (χ4n) is 4.58. The van der Waals surface area contributed by atoms with Crippen molar-refractivity contribution in [1.82, 2.24) is 29.7 Å². The minimum Gasteiger partial charge on any atom is -0.391 e. The van der Waals surface area contributed by atoms with Crippen molar-refractivity contribution in [2.45, 2.75) is 57.3 Å². The van der Waals surface area contributed by atoms with Gasteiger partial charge in [-0.2, -0.15) is 5.10 Å². The minimum absolute atomic E-state index is 0.000595. The lowest BCUT2D eigenvalue weighted by Gasteiger charge is -2.29. The van der Waals surface area contributed by atoms with Crippen molar-refractivity contribution in [3.05, 3.63) is 18.1 Å². The van der Waals surface area contributed by atoms with Gasteiger partial charge in [0.1, 0.15) is 5.69 Å². The Labute approximate surface area is 163 Å². The van der Waals surface area contributed by atoms with Gasteiger partial charge in [0.15, 0.2) is 0 Å². The maximum atomic E-state index is 12.7. The van der Waals surface area contributed by atoms with Crippen LogP contribution in [-0.4, -0.2) is 66.6 Å². The summed E-state index contributed by atoms with van der Waals surface area (Å²) in [5.41, 5.74) is 2.67. The molecule has 1 saturated heterocycles. The molecule has 2 aromatic rings. The fraction of sp³-hybridized carbons (Fsp3) is 0.684. The highest BCUT2D eigenvalue weighted by Crippen LogP contribution is 2.31. The molecule has 4 heterocycles. The Morgan fingerprint density at radius 2 is 2.21 bits per heavy atom. The second kappa shape index (κ2) is 7.29. The summed E-state index contributed by atoms with van der Waals surface area (Å²) in [4.78, 5) is 14.6. The number of ether oxygens (including phenoxy) is 1. The van der Waals surface area contributed by atoms with Crippen LogP contribution >= 0.6 is 0 Å². The van der Waals surface area contributed by atoms with Crippen molar-refractivity contribution < 1.29 is 14.6 Å². The lowest BCUT2D eigenvalue weighted by atomic mass is 10.0. The molecule has 1 aliphatic carbocycles. The molecule has 2 fully saturated rings. The van der Waals surface area contributed by atoms with Crippen LogP contribution in [0.15, 0.2) is 12.4 Å². The third kappa shape index (κ3) is 3.22. The van der Waals surface area contributed by atoms with Gasteiger partial charge in [-0.3, -0.25) is 9.48 Å². The van der Waals surface area contributed by atoms with Crippen LogP contribution < -0.4 is 0 Å². The second-order valence-electron chi connectivity index (χ2n) is 8.13. The molecule has 2 aromatic heterocycles. The van der Waals surface area contributed by atoms with E-state index in [1.807, 2.05) is 22.0 Å². The number of carbonyl (C=O) groups is 1. The number of aliphatic hydroxyl groups is 1. The third-order valence-corrected chi connectivity index (χ3v) is 6.28. The van der Waals surface area contributed by atoms with Crippen molar-refractivity contribution >= 4 is 5.91 Å². The van der Waals surface area contributed by atoms with Gasteiger partial charge in [0.05, 0.1) is 43.3 Å². The molecule has 3 atom stereocenters. The normalized spacial score (nSPS) is 27.3. The second-order valence-corrected chi connectivity index (χ2v) is 8.13. The van der Waals surface area contributed by atoms with Crippen molar-refractivity contribution in [3.8, 4) is 11.3 Å². The van der Waals surface area contributed by atoms with Gasteiger partial charge in [-0.15, -0.1) is 5.10 Å². The monoisotopic (exact) mass is 386 g/mol. The predicted molar refractivity (Wildman–Crippen MR) is 99.1 cm³/mol. The lowest BCUT2D eigenvalue weighted by Crippen LogP contribution is -2.39. The smallest absolute Gasteiger partial charge is 0.223 e. The molecule has 1 saturated carbocycles. The molecule has 1 amide bonds. The van der Waals surface area contributed by atoms with E-state index in [0.29, 0.717) is 38.6 Å². The Balaban J connectivity index is 1.33. The molecule has 9 nitrogen and oxygen atoms in total. The zero-order valence-electron chi connectivity index (χ0n) is 15.9. The molecule has 150 valence electrons. The van der Waals surface area contributed by atoms with Crippen LogP contribution in [0.5, 0.6) is 0 Å². The van der Waals surface area contributed by atoms with E-state index in [1.54, 1.807) is 4.68 Å². The number of hydrogen-bond acceptors (Lipinski definition) is 6. The zero-order chi connectivity index (χ0) is 19.1. The molecule has 2 aliphatic heterocycles. The van der Waals surface area contributed by atoms with Crippen LogP contribution in [0.4, 0.5) is 0 Å². The predicted octanol–water partition coefficient (Wildman–Crippen LogP) is 0.996. The Morgan fingerprint density at radius 3 is 3.00 bits per heavy atom. The van der Waals surface area contributed by atoms with E-state index in [1.165, 1.54) is 0 Å². The summed E-state index contributed by atoms with van der Waals surface area (Å²) < 4.78 is 9.14. The third-order valence-electron chi connectivity index (χ3n) is 6.28. The van der Waals surface area contributed by atoms with E-state index in [0.717, 1.165) is 49.2 Å². The summed E-state index contributed by atoms with van der Waals surface area (Å²) in [6.07, 6.45) is 7.62. The van der Waals surface area contributed by atoms with Crippen LogP contribution in [0.25, 0.3) is 11.3 Å². The molecule has 0 radical (unpaired) electrons. The first-order valence-corrected chi connectivity index (χ1v) is 10.2. The largest absolute Gasteiger partial charge is 0.391 e. The number of rotatable bonds is 4. The van der Waals surface area contributed by atoms with Crippen LogP contribution in [0, 0.1) is 5.92 Å². The number of aliphatic hydroxyl groups excluding tert-OH is 1. The highest BCUT2D eigenvalue weighted by molar-refractivity contribution is 5.77. The van der Waals surface area contributed by atoms with Crippen molar-refractivity contribution in [3.63, 3.8) is 0 Å². The maximum Gasteiger partial charge on any atom is 0.223 e. The first kappa shape index (κ1) is 17.8. The average molecular weight is 386 g/mol. The Kier molecular flexibility index (Phi) is 4.64. The first-order valence-electron chi connectivity index (χ1n) is 10.2. The van der Waals surface area contributed by atoms with Crippen LogP contribution in [0.3, 0.4) is 0 Å². The van der Waals surface area contributed by atoms with Gasteiger partial charge in [0, 0.05) is 31.7 Å². The molecule has 3 aliphatic rings.